The molecule has 0 atom stereocenters. The van der Waals surface area contributed by atoms with Gasteiger partial charge in [-0.1, -0.05) is 11.3 Å². The Hall–Kier alpha value is -2.96. The number of nitrogens with zero attached hydrogens (tertiary/aromatic N) is 4. The minimum atomic E-state index is -3.75. The summed E-state index contributed by atoms with van der Waals surface area (Å²) in [7, 11) is -2.07. The van der Waals surface area contributed by atoms with Crippen LogP contribution in [0.15, 0.2) is 52.4 Å². The van der Waals surface area contributed by atoms with Gasteiger partial charge in [-0.15, -0.1) is 0 Å². The second kappa shape index (κ2) is 8.52. The number of fused-ring (bicyclic) bond motifs is 1. The zero-order valence-corrected chi connectivity index (χ0v) is 18.6. The molecular weight excluding hydrogens is 459 g/mol. The molecule has 1 amide bonds. The largest absolute Gasteiger partial charge is 0.319 e. The molecule has 1 aliphatic rings. The fraction of sp³-hybridized carbons (Fsp3) is 0.300. The highest BCUT2D eigenvalue weighted by molar-refractivity contribution is 7.89. The molecule has 3 aromatic rings. The second-order valence-electron chi connectivity index (χ2n) is 7.44. The number of hydrogen-bond donors (Lipinski definition) is 0. The van der Waals surface area contributed by atoms with E-state index in [4.69, 9.17) is 0 Å². The van der Waals surface area contributed by atoms with Gasteiger partial charge in [0.15, 0.2) is 4.80 Å². The Kier molecular flexibility index (Phi) is 5.93. The topological polar surface area (TPSA) is 115 Å². The second-order valence-corrected chi connectivity index (χ2v) is 10.4. The first-order valence-electron chi connectivity index (χ1n) is 9.75. The SMILES string of the molecule is Cn1c(=NC(=O)C2CCN(S(=O)(=O)c3ccc(F)cc3)CC2)sc2ccc([N+](=O)[O-])cc21. The number of amides is 1. The van der Waals surface area contributed by atoms with Crippen LogP contribution in [0.2, 0.25) is 0 Å². The molecule has 0 unspecified atom stereocenters. The third-order valence-electron chi connectivity index (χ3n) is 5.46. The van der Waals surface area contributed by atoms with E-state index in [0.717, 1.165) is 16.8 Å². The van der Waals surface area contributed by atoms with Crippen molar-refractivity contribution >= 4 is 43.2 Å². The van der Waals surface area contributed by atoms with Crippen LogP contribution in [0.25, 0.3) is 10.2 Å². The van der Waals surface area contributed by atoms with Crippen LogP contribution in [0.1, 0.15) is 12.8 Å². The van der Waals surface area contributed by atoms with E-state index < -0.39 is 26.7 Å². The Morgan fingerprint density at radius 2 is 1.84 bits per heavy atom. The molecule has 32 heavy (non-hydrogen) atoms. The highest BCUT2D eigenvalue weighted by Crippen LogP contribution is 2.26. The number of aryl methyl sites for hydroxylation is 1. The van der Waals surface area contributed by atoms with E-state index in [1.807, 2.05) is 0 Å². The number of nitro benzene ring substituents is 1. The number of thiazole rings is 1. The first-order valence-corrected chi connectivity index (χ1v) is 12.0. The van der Waals surface area contributed by atoms with Crippen molar-refractivity contribution in [2.45, 2.75) is 17.7 Å². The van der Waals surface area contributed by atoms with E-state index in [1.54, 1.807) is 17.7 Å². The maximum atomic E-state index is 13.1. The van der Waals surface area contributed by atoms with Gasteiger partial charge in [0.05, 0.1) is 20.0 Å². The molecule has 0 bridgehead atoms. The number of carbonyl (C=O) groups excluding carboxylic acids is 1. The number of aromatic nitrogens is 1. The van der Waals surface area contributed by atoms with Crippen LogP contribution in [-0.2, 0) is 21.9 Å². The molecule has 9 nitrogen and oxygen atoms in total. The summed E-state index contributed by atoms with van der Waals surface area (Å²) in [5, 5.41) is 11.0. The van der Waals surface area contributed by atoms with Crippen molar-refractivity contribution in [1.82, 2.24) is 8.87 Å². The Bertz CT molecular complexity index is 1370. The lowest BCUT2D eigenvalue weighted by atomic mass is 9.98. The first-order chi connectivity index (χ1) is 15.2. The maximum Gasteiger partial charge on any atom is 0.271 e. The average molecular weight is 479 g/mol. The summed E-state index contributed by atoms with van der Waals surface area (Å²) in [6.45, 7) is 0.326. The van der Waals surface area contributed by atoms with Crippen molar-refractivity contribution in [1.29, 1.82) is 0 Å². The third kappa shape index (κ3) is 4.20. The molecule has 2 aromatic carbocycles. The first kappa shape index (κ1) is 22.2. The van der Waals surface area contributed by atoms with Crippen molar-refractivity contribution in [3.8, 4) is 0 Å². The average Bonchev–Trinajstić information content (AvgIpc) is 3.08. The lowest BCUT2D eigenvalue weighted by Crippen LogP contribution is -2.40. The number of non-ortho nitro benzene ring substituents is 1. The van der Waals surface area contributed by atoms with Crippen LogP contribution in [0.4, 0.5) is 10.1 Å². The Balaban J connectivity index is 1.50. The van der Waals surface area contributed by atoms with Crippen LogP contribution in [-0.4, -0.2) is 41.2 Å². The lowest BCUT2D eigenvalue weighted by molar-refractivity contribution is -0.384. The van der Waals surface area contributed by atoms with Gasteiger partial charge in [-0.3, -0.25) is 14.9 Å². The summed E-state index contributed by atoms with van der Waals surface area (Å²) in [4.78, 5) is 27.9. The minimum Gasteiger partial charge on any atom is -0.319 e. The molecule has 1 fully saturated rings. The van der Waals surface area contributed by atoms with Gasteiger partial charge in [0, 0.05) is 38.2 Å². The van der Waals surface area contributed by atoms with Gasteiger partial charge in [-0.05, 0) is 43.2 Å². The molecule has 0 saturated carbocycles. The number of piperidine rings is 1. The fourth-order valence-electron chi connectivity index (χ4n) is 3.62. The summed E-state index contributed by atoms with van der Waals surface area (Å²) in [5.41, 5.74) is 0.564. The van der Waals surface area contributed by atoms with Crippen LogP contribution >= 0.6 is 11.3 Å². The fourth-order valence-corrected chi connectivity index (χ4v) is 6.09. The van der Waals surface area contributed by atoms with Crippen LogP contribution < -0.4 is 4.80 Å². The molecule has 1 aliphatic heterocycles. The number of nitro groups is 1. The molecular formula is C20H19FN4O5S2. The summed E-state index contributed by atoms with van der Waals surface area (Å²) in [6.07, 6.45) is 0.645. The molecule has 168 valence electrons. The number of carbonyl (C=O) groups is 1. The van der Waals surface area contributed by atoms with Crippen LogP contribution in [0.3, 0.4) is 0 Å². The predicted octanol–water partition coefficient (Wildman–Crippen LogP) is 2.82. The zero-order valence-electron chi connectivity index (χ0n) is 17.0. The van der Waals surface area contributed by atoms with Crippen molar-refractivity contribution in [2.75, 3.05) is 13.1 Å². The molecule has 0 spiro atoms. The van der Waals surface area contributed by atoms with E-state index >= 15 is 0 Å². The van der Waals surface area contributed by atoms with Gasteiger partial charge in [0.2, 0.25) is 10.0 Å². The molecule has 4 rings (SSSR count). The molecule has 1 saturated heterocycles. The minimum absolute atomic E-state index is 0.0137. The van der Waals surface area contributed by atoms with Crippen LogP contribution in [0.5, 0.6) is 0 Å². The van der Waals surface area contributed by atoms with Crippen molar-refractivity contribution in [3.05, 3.63) is 63.2 Å². The van der Waals surface area contributed by atoms with Crippen molar-refractivity contribution < 1.29 is 22.5 Å². The van der Waals surface area contributed by atoms with E-state index in [-0.39, 0.29) is 29.6 Å². The van der Waals surface area contributed by atoms with E-state index in [9.17, 15) is 27.7 Å². The standard InChI is InChI=1S/C20H19FN4O5S2/c1-23-17-12-15(25(27)28)4-7-18(17)31-20(23)22-19(26)13-8-10-24(11-9-13)32(29,30)16-5-2-14(21)3-6-16/h2-7,12-13H,8-11H2,1H3. The van der Waals surface area contributed by atoms with Crippen LogP contribution in [0, 0.1) is 21.8 Å². The normalized spacial score (nSPS) is 16.5. The number of sulfonamides is 1. The monoisotopic (exact) mass is 478 g/mol. The van der Waals surface area contributed by atoms with Gasteiger partial charge < -0.3 is 4.57 Å². The molecule has 0 aliphatic carbocycles. The lowest BCUT2D eigenvalue weighted by Gasteiger charge is -2.29. The Morgan fingerprint density at radius 3 is 2.47 bits per heavy atom. The van der Waals surface area contributed by atoms with Gasteiger partial charge in [0.25, 0.3) is 11.6 Å². The maximum absolute atomic E-state index is 13.1. The quantitative estimate of drug-likeness (QED) is 0.422. The summed E-state index contributed by atoms with van der Waals surface area (Å²) >= 11 is 1.26. The Morgan fingerprint density at radius 1 is 1.19 bits per heavy atom. The Labute approximate surface area is 186 Å². The van der Waals surface area contributed by atoms with Crippen molar-refractivity contribution in [3.63, 3.8) is 0 Å². The van der Waals surface area contributed by atoms with E-state index in [0.29, 0.717) is 23.2 Å². The molecule has 2 heterocycles. The number of rotatable bonds is 4. The zero-order chi connectivity index (χ0) is 23.0. The third-order valence-corrected chi connectivity index (χ3v) is 8.49. The number of benzene rings is 2. The van der Waals surface area contributed by atoms with E-state index in [1.165, 1.54) is 39.9 Å². The van der Waals surface area contributed by atoms with Gasteiger partial charge >= 0.3 is 0 Å². The van der Waals surface area contributed by atoms with Crippen molar-refractivity contribution in [2.24, 2.45) is 18.0 Å². The van der Waals surface area contributed by atoms with Gasteiger partial charge in [-0.2, -0.15) is 9.30 Å². The number of hydrogen-bond acceptors (Lipinski definition) is 6. The molecule has 1 aromatic heterocycles. The highest BCUT2D eigenvalue weighted by Gasteiger charge is 2.32. The van der Waals surface area contributed by atoms with E-state index in [2.05, 4.69) is 4.99 Å². The van der Waals surface area contributed by atoms with Gasteiger partial charge in [-0.25, -0.2) is 12.8 Å². The number of halogens is 1. The van der Waals surface area contributed by atoms with Gasteiger partial charge in [0.1, 0.15) is 5.82 Å². The smallest absolute Gasteiger partial charge is 0.271 e. The summed E-state index contributed by atoms with van der Waals surface area (Å²) < 4.78 is 42.3. The predicted molar refractivity (Wildman–Crippen MR) is 116 cm³/mol. The summed E-state index contributed by atoms with van der Waals surface area (Å²) in [6, 6.07) is 9.12. The molecule has 12 heteroatoms. The highest BCUT2D eigenvalue weighted by atomic mass is 32.2. The molecule has 0 N–H and O–H groups in total. The summed E-state index contributed by atoms with van der Waals surface area (Å²) in [5.74, 6) is -1.28. The molecule has 0 radical (unpaired) electrons.